The summed E-state index contributed by atoms with van der Waals surface area (Å²) in [6.07, 6.45) is 0. The van der Waals surface area contributed by atoms with Crippen molar-refractivity contribution in [3.8, 4) is 17.1 Å². The molecule has 0 amide bonds. The Morgan fingerprint density at radius 1 is 1.12 bits per heavy atom. The van der Waals surface area contributed by atoms with Crippen LogP contribution in [-0.4, -0.2) is 30.3 Å². The van der Waals surface area contributed by atoms with Gasteiger partial charge in [-0.3, -0.25) is 4.79 Å². The van der Waals surface area contributed by atoms with Crippen molar-refractivity contribution in [1.29, 1.82) is 0 Å². The molecular formula is C17H14F2N2O3. The molecule has 0 saturated heterocycles. The van der Waals surface area contributed by atoms with E-state index in [4.69, 9.17) is 9.47 Å². The van der Waals surface area contributed by atoms with Crippen LogP contribution in [0, 0.1) is 11.6 Å². The lowest BCUT2D eigenvalue weighted by atomic mass is 10.1. The molecule has 124 valence electrons. The van der Waals surface area contributed by atoms with Crippen molar-refractivity contribution >= 4 is 10.9 Å². The minimum Gasteiger partial charge on any atom is -0.488 e. The van der Waals surface area contributed by atoms with Crippen molar-refractivity contribution in [3.05, 3.63) is 58.4 Å². The Morgan fingerprint density at radius 3 is 2.71 bits per heavy atom. The van der Waals surface area contributed by atoms with Crippen LogP contribution in [0.25, 0.3) is 22.3 Å². The van der Waals surface area contributed by atoms with Crippen LogP contribution >= 0.6 is 0 Å². The third kappa shape index (κ3) is 3.26. The van der Waals surface area contributed by atoms with Crippen molar-refractivity contribution < 1.29 is 18.3 Å². The van der Waals surface area contributed by atoms with Gasteiger partial charge in [0.15, 0.2) is 11.6 Å². The number of halogens is 2. The normalized spacial score (nSPS) is 11.0. The van der Waals surface area contributed by atoms with Crippen LogP contribution in [0.3, 0.4) is 0 Å². The van der Waals surface area contributed by atoms with Crippen LogP contribution in [-0.2, 0) is 4.74 Å². The number of rotatable bonds is 5. The van der Waals surface area contributed by atoms with Crippen molar-refractivity contribution in [2.24, 2.45) is 0 Å². The summed E-state index contributed by atoms with van der Waals surface area (Å²) in [5, 5.41) is 0.264. The highest BCUT2D eigenvalue weighted by Crippen LogP contribution is 2.24. The molecule has 2 aromatic carbocycles. The van der Waals surface area contributed by atoms with Crippen LogP contribution in [0.5, 0.6) is 5.75 Å². The molecule has 0 aliphatic carbocycles. The summed E-state index contributed by atoms with van der Waals surface area (Å²) >= 11 is 0. The van der Waals surface area contributed by atoms with Gasteiger partial charge in [-0.25, -0.2) is 13.8 Å². The summed E-state index contributed by atoms with van der Waals surface area (Å²) in [5.41, 5.74) is 0.139. The van der Waals surface area contributed by atoms with Gasteiger partial charge in [0, 0.05) is 18.7 Å². The molecule has 1 heterocycles. The van der Waals surface area contributed by atoms with Gasteiger partial charge < -0.3 is 14.5 Å². The zero-order valence-corrected chi connectivity index (χ0v) is 12.8. The van der Waals surface area contributed by atoms with E-state index in [0.29, 0.717) is 12.2 Å². The number of H-pyrrole nitrogens is 1. The van der Waals surface area contributed by atoms with Crippen LogP contribution < -0.4 is 10.3 Å². The van der Waals surface area contributed by atoms with Gasteiger partial charge in [0.25, 0.3) is 5.56 Å². The second kappa shape index (κ2) is 6.76. The molecule has 0 aliphatic rings. The molecule has 0 bridgehead atoms. The number of hydrogen-bond acceptors (Lipinski definition) is 4. The summed E-state index contributed by atoms with van der Waals surface area (Å²) < 4.78 is 37.5. The molecule has 3 aromatic rings. The van der Waals surface area contributed by atoms with Gasteiger partial charge in [-0.15, -0.1) is 0 Å². The number of methoxy groups -OCH3 is 1. The first-order valence-electron chi connectivity index (χ1n) is 7.20. The number of fused-ring (bicyclic) bond motifs is 1. The van der Waals surface area contributed by atoms with Gasteiger partial charge in [0.1, 0.15) is 18.2 Å². The zero-order chi connectivity index (χ0) is 17.1. The van der Waals surface area contributed by atoms with Crippen molar-refractivity contribution in [1.82, 2.24) is 9.97 Å². The van der Waals surface area contributed by atoms with E-state index in [1.54, 1.807) is 6.07 Å². The van der Waals surface area contributed by atoms with Crippen molar-refractivity contribution in [2.75, 3.05) is 20.3 Å². The minimum absolute atomic E-state index is 0.0741. The van der Waals surface area contributed by atoms with E-state index >= 15 is 0 Å². The maximum atomic E-state index is 14.1. The Morgan fingerprint density at radius 2 is 1.96 bits per heavy atom. The lowest BCUT2D eigenvalue weighted by Gasteiger charge is -2.08. The molecule has 0 aliphatic heterocycles. The molecule has 24 heavy (non-hydrogen) atoms. The third-order valence-electron chi connectivity index (χ3n) is 3.42. The predicted octanol–water partition coefficient (Wildman–Crippen LogP) is 2.89. The molecule has 5 nitrogen and oxygen atoms in total. The topological polar surface area (TPSA) is 64.2 Å². The largest absolute Gasteiger partial charge is 0.488 e. The van der Waals surface area contributed by atoms with Gasteiger partial charge >= 0.3 is 0 Å². The summed E-state index contributed by atoms with van der Waals surface area (Å²) in [6, 6.07) is 7.90. The number of nitrogens with zero attached hydrogens (tertiary/aromatic N) is 1. The van der Waals surface area contributed by atoms with Crippen molar-refractivity contribution in [2.45, 2.75) is 0 Å². The SMILES string of the molecule is COCCOc1ccc(-c2nc3cc(F)ccc3c(=O)[nH]2)cc1F. The molecule has 1 N–H and O–H groups in total. The van der Waals surface area contributed by atoms with E-state index in [0.717, 1.165) is 6.07 Å². The molecule has 0 saturated carbocycles. The maximum Gasteiger partial charge on any atom is 0.259 e. The quantitative estimate of drug-likeness (QED) is 0.730. The van der Waals surface area contributed by atoms with Crippen LogP contribution in [0.4, 0.5) is 8.78 Å². The van der Waals surface area contributed by atoms with E-state index in [-0.39, 0.29) is 29.1 Å². The number of aromatic nitrogens is 2. The number of benzene rings is 2. The molecule has 3 rings (SSSR count). The fourth-order valence-electron chi connectivity index (χ4n) is 2.25. The standard InChI is InChI=1S/C17H14F2N2O3/c1-23-6-7-24-15-5-2-10(8-13(15)19)16-20-14-9-11(18)3-4-12(14)17(22)21-16/h2-5,8-9H,6-7H2,1H3,(H,20,21,22). The molecule has 0 spiro atoms. The highest BCUT2D eigenvalue weighted by Gasteiger charge is 2.10. The Balaban J connectivity index is 1.98. The second-order valence-electron chi connectivity index (χ2n) is 5.06. The first-order valence-corrected chi connectivity index (χ1v) is 7.20. The van der Waals surface area contributed by atoms with Crippen molar-refractivity contribution in [3.63, 3.8) is 0 Å². The summed E-state index contributed by atoms with van der Waals surface area (Å²) in [5.74, 6) is -0.865. The molecule has 0 radical (unpaired) electrons. The fraction of sp³-hybridized carbons (Fsp3) is 0.176. The first-order chi connectivity index (χ1) is 11.6. The minimum atomic E-state index is -0.592. The number of nitrogens with one attached hydrogen (secondary N) is 1. The summed E-state index contributed by atoms with van der Waals surface area (Å²) in [4.78, 5) is 18.8. The van der Waals surface area contributed by atoms with E-state index < -0.39 is 17.2 Å². The van der Waals surface area contributed by atoms with Gasteiger partial charge in [-0.05, 0) is 30.3 Å². The van der Waals surface area contributed by atoms with Crippen LogP contribution in [0.15, 0.2) is 41.2 Å². The molecule has 0 unspecified atom stereocenters. The molecule has 1 aromatic heterocycles. The van der Waals surface area contributed by atoms with E-state index in [2.05, 4.69) is 9.97 Å². The number of ether oxygens (including phenoxy) is 2. The molecule has 7 heteroatoms. The van der Waals surface area contributed by atoms with Gasteiger partial charge in [0.05, 0.1) is 17.5 Å². The van der Waals surface area contributed by atoms with E-state index in [9.17, 15) is 13.6 Å². The lowest BCUT2D eigenvalue weighted by molar-refractivity contribution is 0.144. The average molecular weight is 332 g/mol. The monoisotopic (exact) mass is 332 g/mol. The second-order valence-corrected chi connectivity index (χ2v) is 5.06. The van der Waals surface area contributed by atoms with Crippen LogP contribution in [0.2, 0.25) is 0 Å². The number of hydrogen-bond donors (Lipinski definition) is 1. The average Bonchev–Trinajstić information content (AvgIpc) is 2.56. The van der Waals surface area contributed by atoms with Gasteiger partial charge in [0.2, 0.25) is 0 Å². The number of aromatic amines is 1. The Bertz CT molecular complexity index is 941. The van der Waals surface area contributed by atoms with Gasteiger partial charge in [-0.2, -0.15) is 0 Å². The predicted molar refractivity (Wildman–Crippen MR) is 85.1 cm³/mol. The molecule has 0 atom stereocenters. The highest BCUT2D eigenvalue weighted by atomic mass is 19.1. The lowest BCUT2D eigenvalue weighted by Crippen LogP contribution is -2.10. The highest BCUT2D eigenvalue weighted by molar-refractivity contribution is 5.79. The fourth-order valence-corrected chi connectivity index (χ4v) is 2.25. The summed E-state index contributed by atoms with van der Waals surface area (Å²) in [6.45, 7) is 0.559. The van der Waals surface area contributed by atoms with Gasteiger partial charge in [-0.1, -0.05) is 0 Å². The summed E-state index contributed by atoms with van der Waals surface area (Å²) in [7, 11) is 1.52. The smallest absolute Gasteiger partial charge is 0.259 e. The maximum absolute atomic E-state index is 14.1. The van der Waals surface area contributed by atoms with E-state index in [1.807, 2.05) is 0 Å². The Hall–Kier alpha value is -2.80. The Labute approximate surface area is 135 Å². The molecule has 0 fully saturated rings. The Kier molecular flexibility index (Phi) is 4.52. The van der Waals surface area contributed by atoms with Crippen LogP contribution in [0.1, 0.15) is 0 Å². The van der Waals surface area contributed by atoms with E-state index in [1.165, 1.54) is 31.4 Å². The zero-order valence-electron chi connectivity index (χ0n) is 12.8. The third-order valence-corrected chi connectivity index (χ3v) is 3.42. The molecular weight excluding hydrogens is 318 g/mol. The first kappa shape index (κ1) is 16.1.